The van der Waals surface area contributed by atoms with E-state index in [1.807, 2.05) is 25.1 Å². The second-order valence-electron chi connectivity index (χ2n) is 21.1. The molecule has 1 saturated heterocycles. The molecule has 0 spiro atoms. The van der Waals surface area contributed by atoms with Crippen LogP contribution in [0, 0.1) is 17.3 Å². The molecule has 4 fully saturated rings. The molecule has 384 valence electrons. The predicted molar refractivity (Wildman–Crippen MR) is 274 cm³/mol. The maximum Gasteiger partial charge on any atom is 0.481 e. The van der Waals surface area contributed by atoms with Crippen LogP contribution in [-0.4, -0.2) is 111 Å². The Balaban J connectivity index is 1.07. The molecule has 3 saturated carbocycles. The Morgan fingerprint density at radius 1 is 0.930 bits per heavy atom. The molecule has 0 unspecified atom stereocenters. The topological polar surface area (TPSA) is 200 Å². The highest BCUT2D eigenvalue weighted by Crippen LogP contribution is 2.65. The molecule has 15 nitrogen and oxygen atoms in total. The van der Waals surface area contributed by atoms with Gasteiger partial charge in [-0.2, -0.15) is 0 Å². The average molecular weight is 977 g/mol. The smallest absolute Gasteiger partial charge is 0.481 e. The number of methoxy groups -OCH3 is 1. The third-order valence-electron chi connectivity index (χ3n) is 15.8. The lowest BCUT2D eigenvalue weighted by Gasteiger charge is -2.64. The van der Waals surface area contributed by atoms with E-state index in [4.69, 9.17) is 24.5 Å². The summed E-state index contributed by atoms with van der Waals surface area (Å²) in [5.74, 6) is -1.65. The van der Waals surface area contributed by atoms with Gasteiger partial charge in [0.15, 0.2) is 0 Å². The molecule has 3 aromatic rings. The fourth-order valence-electron chi connectivity index (χ4n) is 11.2. The third-order valence-corrected chi connectivity index (χ3v) is 15.8. The van der Waals surface area contributed by atoms with Gasteiger partial charge in [0.05, 0.1) is 31.4 Å². The number of amides is 5. The molecule has 16 heteroatoms. The number of carbonyl (C=O) groups excluding carboxylic acids is 5. The van der Waals surface area contributed by atoms with Gasteiger partial charge in [0, 0.05) is 19.2 Å². The lowest BCUT2D eigenvalue weighted by atomic mass is 9.43. The van der Waals surface area contributed by atoms with Crippen molar-refractivity contribution in [2.75, 3.05) is 33.9 Å². The van der Waals surface area contributed by atoms with Crippen molar-refractivity contribution in [3.63, 3.8) is 0 Å². The lowest BCUT2D eigenvalue weighted by Crippen LogP contribution is -2.65. The number of nitrogens with two attached hydrogens (primary N) is 1. The zero-order valence-corrected chi connectivity index (χ0v) is 43.1. The van der Waals surface area contributed by atoms with Crippen LogP contribution < -0.4 is 31.7 Å². The van der Waals surface area contributed by atoms with E-state index in [0.29, 0.717) is 74.0 Å². The van der Waals surface area contributed by atoms with Crippen molar-refractivity contribution in [1.29, 1.82) is 0 Å². The van der Waals surface area contributed by atoms with E-state index in [1.54, 1.807) is 31.4 Å². The summed E-state index contributed by atoms with van der Waals surface area (Å²) in [5.41, 5.74) is 10.6. The van der Waals surface area contributed by atoms with Crippen molar-refractivity contribution in [2.24, 2.45) is 23.0 Å². The molecule has 71 heavy (non-hydrogen) atoms. The summed E-state index contributed by atoms with van der Waals surface area (Å²) in [6.45, 7) is 12.9. The van der Waals surface area contributed by atoms with Gasteiger partial charge in [-0.3, -0.25) is 24.0 Å². The van der Waals surface area contributed by atoms with Gasteiger partial charge in [-0.1, -0.05) is 69.7 Å². The summed E-state index contributed by atoms with van der Waals surface area (Å²) in [6, 6.07) is 16.6. The molecule has 2 heterocycles. The summed E-state index contributed by atoms with van der Waals surface area (Å²) in [6.07, 6.45) is 8.57. The van der Waals surface area contributed by atoms with Gasteiger partial charge in [0.25, 0.3) is 5.91 Å². The molecule has 2 aliphatic heterocycles. The van der Waals surface area contributed by atoms with Gasteiger partial charge < -0.3 is 50.7 Å². The second-order valence-corrected chi connectivity index (χ2v) is 21.1. The number of nitrogens with one attached hydrogen (secondary N) is 4. The zero-order chi connectivity index (χ0) is 51.0. The number of aryl methyl sites for hydroxylation is 2. The van der Waals surface area contributed by atoms with E-state index in [9.17, 15) is 24.0 Å². The molecule has 9 atom stereocenters. The lowest BCUT2D eigenvalue weighted by molar-refractivity contribution is -0.199. The van der Waals surface area contributed by atoms with Crippen LogP contribution in [-0.2, 0) is 46.1 Å². The predicted octanol–water partition coefficient (Wildman–Crippen LogP) is 6.25. The van der Waals surface area contributed by atoms with Crippen LogP contribution in [0.1, 0.15) is 132 Å². The molecule has 3 aliphatic carbocycles. The van der Waals surface area contributed by atoms with Gasteiger partial charge >= 0.3 is 7.12 Å². The molecule has 0 aromatic heterocycles. The largest absolute Gasteiger partial charge is 0.496 e. The Hall–Kier alpha value is -5.29. The maximum atomic E-state index is 14.8. The Labute approximate surface area is 420 Å². The molecule has 3 aromatic carbocycles. The highest BCUT2D eigenvalue weighted by molar-refractivity contribution is 6.47. The van der Waals surface area contributed by atoms with Crippen LogP contribution in [0.15, 0.2) is 66.7 Å². The first-order valence-electron chi connectivity index (χ1n) is 25.9. The van der Waals surface area contributed by atoms with Gasteiger partial charge in [0.2, 0.25) is 23.6 Å². The minimum absolute atomic E-state index is 0.0632. The number of unbranched alkanes of at least 4 members (excludes halogenated alkanes) is 2. The third kappa shape index (κ3) is 12.2. The number of likely N-dealkylation sites (N-methyl/N-ethyl adjacent to an activating group) is 1. The van der Waals surface area contributed by atoms with E-state index in [-0.39, 0.29) is 24.5 Å². The second kappa shape index (κ2) is 23.5. The zero-order valence-electron chi connectivity index (χ0n) is 43.1. The van der Waals surface area contributed by atoms with Crippen LogP contribution >= 0.6 is 0 Å². The van der Waals surface area contributed by atoms with Crippen molar-refractivity contribution in [2.45, 2.75) is 154 Å². The Morgan fingerprint density at radius 2 is 1.65 bits per heavy atom. The monoisotopic (exact) mass is 977 g/mol. The first kappa shape index (κ1) is 53.5. The summed E-state index contributed by atoms with van der Waals surface area (Å²) in [4.78, 5) is 72.7. The molecule has 5 aliphatic rings. The highest BCUT2D eigenvalue weighted by atomic mass is 16.7. The molecular formula is C55H77BN6O9. The fourth-order valence-corrected chi connectivity index (χ4v) is 11.2. The van der Waals surface area contributed by atoms with Crippen molar-refractivity contribution in [3.8, 4) is 16.9 Å². The number of fused-ring (bicyclic) bond motifs is 2. The average Bonchev–Trinajstić information content (AvgIpc) is 3.73. The van der Waals surface area contributed by atoms with Gasteiger partial charge in [-0.05, 0) is 161 Å². The number of hydrogen-bond acceptors (Lipinski definition) is 10. The van der Waals surface area contributed by atoms with Crippen LogP contribution in [0.25, 0.3) is 11.1 Å². The van der Waals surface area contributed by atoms with Gasteiger partial charge in [-0.25, -0.2) is 0 Å². The summed E-state index contributed by atoms with van der Waals surface area (Å²) in [5, 5.41) is 11.6. The number of nitrogens with zero attached hydrogens (tertiary/aromatic N) is 1. The van der Waals surface area contributed by atoms with Crippen molar-refractivity contribution < 1.29 is 42.8 Å². The standard InChI is InChI=1S/C55H77BN6O9/c1-9-10-15-36-18-20-37(21-19-36)38-22-24-39(25-23-38)50(64)60-43(17-11-13-28-57)53(67)62(7)48-41-26-27-45(68-8)40(30-41)16-12-14-29-69-33-44(61-49(63)34(2)58-52(48)66)51(65)59-35(3)56-70-47-32-42-31-46(54(42,4)5)55(47,6)71-56/h18-27,30,34-35,42-44,46-48H,9-17,28-29,31-33,57H2,1-8H3,(H,58,66)(H,59,65)(H,60,64)(H,61,63)/t34-,35-,42-,43-,44-,46-,47+,48-,55-/m0/s1. The van der Waals surface area contributed by atoms with Crippen LogP contribution in [0.5, 0.6) is 5.75 Å². The van der Waals surface area contributed by atoms with Crippen molar-refractivity contribution in [3.05, 3.63) is 89.0 Å². The summed E-state index contributed by atoms with van der Waals surface area (Å²) >= 11 is 0. The quantitative estimate of drug-likeness (QED) is 0.0808. The van der Waals surface area contributed by atoms with Crippen LogP contribution in [0.4, 0.5) is 0 Å². The molecule has 6 N–H and O–H groups in total. The maximum absolute atomic E-state index is 14.8. The van der Waals surface area contributed by atoms with Crippen molar-refractivity contribution >= 4 is 36.7 Å². The molecular weight excluding hydrogens is 899 g/mol. The fraction of sp³-hybridized carbons (Fsp3) is 0.582. The van der Waals surface area contributed by atoms with Crippen LogP contribution in [0.3, 0.4) is 0 Å². The molecule has 4 bridgehead atoms. The van der Waals surface area contributed by atoms with E-state index < -0.39 is 72.4 Å². The van der Waals surface area contributed by atoms with Gasteiger partial charge in [-0.15, -0.1) is 0 Å². The Bertz CT molecular complexity index is 2350. The normalized spacial score (nSPS) is 26.1. The molecule has 8 rings (SSSR count). The summed E-state index contributed by atoms with van der Waals surface area (Å²) < 4.78 is 24.8. The number of ether oxygens (including phenoxy) is 2. The van der Waals surface area contributed by atoms with E-state index in [1.165, 1.54) is 24.4 Å². The Morgan fingerprint density at radius 3 is 2.32 bits per heavy atom. The number of benzene rings is 3. The first-order valence-corrected chi connectivity index (χ1v) is 25.9. The first-order chi connectivity index (χ1) is 34.0. The number of rotatable bonds is 16. The molecule has 5 amide bonds. The Kier molecular flexibility index (Phi) is 17.7. The molecule has 0 radical (unpaired) electrons. The van der Waals surface area contributed by atoms with Crippen LogP contribution in [0.2, 0.25) is 0 Å². The highest BCUT2D eigenvalue weighted by Gasteiger charge is 2.68. The van der Waals surface area contributed by atoms with E-state index >= 15 is 0 Å². The summed E-state index contributed by atoms with van der Waals surface area (Å²) in [7, 11) is 2.44. The minimum atomic E-state index is -1.23. The van der Waals surface area contributed by atoms with Gasteiger partial charge in [0.1, 0.15) is 29.9 Å². The van der Waals surface area contributed by atoms with Crippen molar-refractivity contribution in [1.82, 2.24) is 26.2 Å². The minimum Gasteiger partial charge on any atom is -0.496 e. The number of hydrogen-bond donors (Lipinski definition) is 5. The SMILES string of the molecule is CCCCc1ccc(-c2ccc(C(=O)N[C@@H](CCCCN)C(=O)N(C)[C@@H]3C(=O)N[C@@H](C)C(=O)N[C@H](C(=O)N[C@@H](C)B4O[C@@H]5C[C@@H]6C[C@@H](C6(C)C)[C@]5(C)O4)COCCCCc4cc3ccc4OC)cc2)cc1. The van der Waals surface area contributed by atoms with E-state index in [0.717, 1.165) is 48.8 Å². The van der Waals surface area contributed by atoms with E-state index in [2.05, 4.69) is 73.2 Å². The number of carbonyl (C=O) groups is 5.